The van der Waals surface area contributed by atoms with Gasteiger partial charge in [0.15, 0.2) is 0 Å². The molecule has 0 unspecified atom stereocenters. The fraction of sp³-hybridized carbons (Fsp3) is 0.615. The maximum atomic E-state index is 12.0. The van der Waals surface area contributed by atoms with Gasteiger partial charge >= 0.3 is 0 Å². The molecular weight excluding hydrogens is 250 g/mol. The lowest BCUT2D eigenvalue weighted by molar-refractivity contribution is -0.125. The molecule has 1 aliphatic rings. The molecule has 0 bridgehead atoms. The van der Waals surface area contributed by atoms with E-state index in [1.807, 2.05) is 0 Å². The van der Waals surface area contributed by atoms with Gasteiger partial charge in [-0.1, -0.05) is 0 Å². The lowest BCUT2D eigenvalue weighted by Gasteiger charge is -2.26. The van der Waals surface area contributed by atoms with Crippen molar-refractivity contribution < 1.29 is 15.0 Å². The van der Waals surface area contributed by atoms with Crippen LogP contribution >= 0.6 is 11.3 Å². The highest BCUT2D eigenvalue weighted by molar-refractivity contribution is 7.12. The van der Waals surface area contributed by atoms with Crippen LogP contribution in [0.3, 0.4) is 0 Å². The Morgan fingerprint density at radius 3 is 2.67 bits per heavy atom. The highest BCUT2D eigenvalue weighted by Crippen LogP contribution is 2.49. The Hall–Kier alpha value is -0.910. The van der Waals surface area contributed by atoms with Gasteiger partial charge in [-0.15, -0.1) is 11.3 Å². The number of carbonyl (C=O) groups excluding carboxylic acids is 1. The van der Waals surface area contributed by atoms with E-state index in [1.165, 1.54) is 9.75 Å². The van der Waals surface area contributed by atoms with Crippen LogP contribution in [-0.4, -0.2) is 34.9 Å². The number of thiophene rings is 1. The topological polar surface area (TPSA) is 69.6 Å². The molecule has 1 aromatic rings. The Labute approximate surface area is 111 Å². The van der Waals surface area contributed by atoms with Crippen molar-refractivity contribution in [2.75, 3.05) is 13.2 Å². The van der Waals surface area contributed by atoms with Gasteiger partial charge in [0.2, 0.25) is 5.91 Å². The maximum Gasteiger partial charge on any atom is 0.224 e. The smallest absolute Gasteiger partial charge is 0.224 e. The number of aryl methyl sites for hydroxylation is 1. The first kappa shape index (κ1) is 13.5. The fourth-order valence-corrected chi connectivity index (χ4v) is 3.03. The number of nitrogens with one attached hydrogen (secondary N) is 1. The first-order chi connectivity index (χ1) is 8.49. The molecule has 1 aliphatic carbocycles. The molecule has 4 nitrogen and oxygen atoms in total. The summed E-state index contributed by atoms with van der Waals surface area (Å²) in [5.41, 5.74) is -0.921. The zero-order valence-electron chi connectivity index (χ0n) is 10.6. The van der Waals surface area contributed by atoms with Gasteiger partial charge in [0, 0.05) is 21.6 Å². The van der Waals surface area contributed by atoms with Crippen LogP contribution in [0, 0.1) is 12.8 Å². The van der Waals surface area contributed by atoms with Gasteiger partial charge in [-0.25, -0.2) is 0 Å². The number of aliphatic hydroxyl groups excluding tert-OH is 2. The summed E-state index contributed by atoms with van der Waals surface area (Å²) in [6, 6.07) is 4.15. The van der Waals surface area contributed by atoms with E-state index in [4.69, 9.17) is 10.2 Å². The molecule has 1 heterocycles. The Kier molecular flexibility index (Phi) is 3.75. The van der Waals surface area contributed by atoms with Crippen LogP contribution in [0.5, 0.6) is 0 Å². The number of carbonyl (C=O) groups is 1. The molecule has 0 radical (unpaired) electrons. The Bertz CT molecular complexity index is 439. The molecule has 0 spiro atoms. The summed E-state index contributed by atoms with van der Waals surface area (Å²) in [7, 11) is 0. The van der Waals surface area contributed by atoms with Crippen LogP contribution in [0.2, 0.25) is 0 Å². The van der Waals surface area contributed by atoms with Crippen molar-refractivity contribution in [1.82, 2.24) is 5.32 Å². The maximum absolute atomic E-state index is 12.0. The van der Waals surface area contributed by atoms with Crippen LogP contribution in [0.1, 0.15) is 29.0 Å². The van der Waals surface area contributed by atoms with E-state index >= 15 is 0 Å². The minimum absolute atomic E-state index is 0.0134. The first-order valence-electron chi connectivity index (χ1n) is 6.09. The van der Waals surface area contributed by atoms with Crippen molar-refractivity contribution in [2.24, 2.45) is 5.92 Å². The Morgan fingerprint density at radius 2 is 2.17 bits per heavy atom. The number of amides is 1. The third kappa shape index (κ3) is 2.74. The lowest BCUT2D eigenvalue weighted by atomic mass is 10.1. The molecule has 0 aromatic carbocycles. The molecule has 18 heavy (non-hydrogen) atoms. The summed E-state index contributed by atoms with van der Waals surface area (Å²) in [6.45, 7) is 3.17. The van der Waals surface area contributed by atoms with Gasteiger partial charge in [-0.3, -0.25) is 4.79 Å². The van der Waals surface area contributed by atoms with Gasteiger partial charge in [0.25, 0.3) is 0 Å². The second-order valence-corrected chi connectivity index (χ2v) is 6.58. The van der Waals surface area contributed by atoms with E-state index < -0.39 is 5.54 Å². The Morgan fingerprint density at radius 1 is 1.50 bits per heavy atom. The summed E-state index contributed by atoms with van der Waals surface area (Å²) < 4.78 is 0. The summed E-state index contributed by atoms with van der Waals surface area (Å²) in [5, 5.41) is 21.0. The summed E-state index contributed by atoms with van der Waals surface area (Å²) in [6.07, 6.45) is 0.860. The molecule has 0 aliphatic heterocycles. The fourth-order valence-electron chi connectivity index (χ4n) is 1.97. The average molecular weight is 269 g/mol. The van der Waals surface area contributed by atoms with Gasteiger partial charge in [0.1, 0.15) is 0 Å². The highest BCUT2D eigenvalue weighted by atomic mass is 32.1. The third-order valence-electron chi connectivity index (χ3n) is 3.38. The largest absolute Gasteiger partial charge is 0.394 e. The normalized spacial score (nSPS) is 22.9. The van der Waals surface area contributed by atoms with Crippen LogP contribution in [0.15, 0.2) is 12.1 Å². The lowest BCUT2D eigenvalue weighted by Crippen LogP contribution is -2.52. The van der Waals surface area contributed by atoms with Gasteiger partial charge in [0.05, 0.1) is 18.8 Å². The molecule has 5 heteroatoms. The summed E-state index contributed by atoms with van der Waals surface area (Å²) in [4.78, 5) is 14.5. The van der Waals surface area contributed by atoms with E-state index in [2.05, 4.69) is 24.4 Å². The molecule has 2 rings (SSSR count). The summed E-state index contributed by atoms with van der Waals surface area (Å²) in [5.74, 6) is 0.225. The zero-order valence-corrected chi connectivity index (χ0v) is 11.5. The van der Waals surface area contributed by atoms with Crippen LogP contribution in [0.4, 0.5) is 0 Å². The van der Waals surface area contributed by atoms with Gasteiger partial charge < -0.3 is 15.5 Å². The number of rotatable bonds is 5. The van der Waals surface area contributed by atoms with Gasteiger partial charge in [-0.05, 0) is 32.4 Å². The average Bonchev–Trinajstić information content (AvgIpc) is 3.05. The van der Waals surface area contributed by atoms with Crippen molar-refractivity contribution in [3.05, 3.63) is 21.9 Å². The zero-order chi connectivity index (χ0) is 13.3. The molecule has 1 saturated carbocycles. The van der Waals surface area contributed by atoms with E-state index in [0.717, 1.165) is 6.42 Å². The second-order valence-electron chi connectivity index (χ2n) is 5.26. The van der Waals surface area contributed by atoms with E-state index in [9.17, 15) is 4.79 Å². The minimum Gasteiger partial charge on any atom is -0.394 e. The van der Waals surface area contributed by atoms with Crippen LogP contribution < -0.4 is 5.32 Å². The Balaban J connectivity index is 1.93. The highest BCUT2D eigenvalue weighted by Gasteiger charge is 2.46. The first-order valence-corrected chi connectivity index (χ1v) is 6.91. The van der Waals surface area contributed by atoms with Gasteiger partial charge in [-0.2, -0.15) is 0 Å². The van der Waals surface area contributed by atoms with Crippen LogP contribution in [-0.2, 0) is 4.79 Å². The third-order valence-corrected chi connectivity index (χ3v) is 4.51. The second kappa shape index (κ2) is 4.99. The number of hydrogen-bond donors (Lipinski definition) is 3. The standard InChI is InChI=1S/C13H19NO3S/c1-8-3-4-11(18-8)9-5-10(9)12(17)14-13(2,6-15)7-16/h3-4,9-10,15-16H,5-7H2,1-2H3,(H,14,17)/t9-,10-/m0/s1. The molecule has 1 fully saturated rings. The quantitative estimate of drug-likeness (QED) is 0.747. The van der Waals surface area contributed by atoms with Crippen molar-refractivity contribution in [2.45, 2.75) is 31.7 Å². The van der Waals surface area contributed by atoms with E-state index in [-0.39, 0.29) is 25.0 Å². The van der Waals surface area contributed by atoms with Crippen molar-refractivity contribution in [1.29, 1.82) is 0 Å². The SMILES string of the molecule is Cc1ccc([C@H]2C[C@@H]2C(=O)NC(C)(CO)CO)s1. The molecular formula is C13H19NO3S. The van der Waals surface area contributed by atoms with Crippen LogP contribution in [0.25, 0.3) is 0 Å². The number of aliphatic hydroxyl groups is 2. The molecule has 1 aromatic heterocycles. The monoisotopic (exact) mass is 269 g/mol. The van der Waals surface area contributed by atoms with Crippen molar-refractivity contribution in [3.8, 4) is 0 Å². The van der Waals surface area contributed by atoms with E-state index in [1.54, 1.807) is 18.3 Å². The van der Waals surface area contributed by atoms with Crippen molar-refractivity contribution in [3.63, 3.8) is 0 Å². The molecule has 1 amide bonds. The predicted octanol–water partition coefficient (Wildman–Crippen LogP) is 1.02. The predicted molar refractivity (Wildman–Crippen MR) is 70.6 cm³/mol. The molecule has 3 N–H and O–H groups in total. The van der Waals surface area contributed by atoms with Crippen molar-refractivity contribution >= 4 is 17.2 Å². The molecule has 2 atom stereocenters. The van der Waals surface area contributed by atoms with E-state index in [0.29, 0.717) is 5.92 Å². The molecule has 100 valence electrons. The summed E-state index contributed by atoms with van der Waals surface area (Å²) >= 11 is 1.73. The number of hydrogen-bond acceptors (Lipinski definition) is 4. The minimum atomic E-state index is -0.921. The molecule has 0 saturated heterocycles.